The monoisotopic (exact) mass is 337 g/mol. The highest BCUT2D eigenvalue weighted by atomic mass is 79.9. The van der Waals surface area contributed by atoms with Crippen molar-refractivity contribution in [3.05, 3.63) is 40.1 Å². The number of hydrogen-bond acceptors (Lipinski definition) is 4. The maximum absolute atomic E-state index is 4.14. The minimum Gasteiger partial charge on any atom is -0.307 e. The Labute approximate surface area is 127 Å². The first-order chi connectivity index (χ1) is 9.56. The molecule has 2 aromatic rings. The Morgan fingerprint density at radius 2 is 2.10 bits per heavy atom. The number of nitrogens with one attached hydrogen (secondary N) is 1. The van der Waals surface area contributed by atoms with Crippen LogP contribution in [-0.4, -0.2) is 26.8 Å². The van der Waals surface area contributed by atoms with E-state index in [1.165, 1.54) is 5.56 Å². The molecule has 0 saturated heterocycles. The van der Waals surface area contributed by atoms with Crippen molar-refractivity contribution in [1.82, 2.24) is 25.5 Å². The van der Waals surface area contributed by atoms with Crippen LogP contribution in [0.1, 0.15) is 38.2 Å². The van der Waals surface area contributed by atoms with Gasteiger partial charge in [0.2, 0.25) is 0 Å². The van der Waals surface area contributed by atoms with Crippen LogP contribution < -0.4 is 5.32 Å². The van der Waals surface area contributed by atoms with Crippen LogP contribution >= 0.6 is 15.9 Å². The smallest absolute Gasteiger partial charge is 0.168 e. The number of tetrazole rings is 1. The van der Waals surface area contributed by atoms with Crippen molar-refractivity contribution < 1.29 is 0 Å². The van der Waals surface area contributed by atoms with Gasteiger partial charge in [0.05, 0.1) is 12.6 Å². The molecule has 5 nitrogen and oxygen atoms in total. The molecule has 1 atom stereocenters. The van der Waals surface area contributed by atoms with Gasteiger partial charge in [0.25, 0.3) is 0 Å². The number of halogens is 1. The van der Waals surface area contributed by atoms with Crippen molar-refractivity contribution in [2.45, 2.75) is 33.4 Å². The van der Waals surface area contributed by atoms with Gasteiger partial charge in [0.15, 0.2) is 5.82 Å². The second-order valence-electron chi connectivity index (χ2n) is 5.35. The van der Waals surface area contributed by atoms with Gasteiger partial charge in [0, 0.05) is 4.47 Å². The van der Waals surface area contributed by atoms with E-state index in [0.717, 1.165) is 16.8 Å². The van der Waals surface area contributed by atoms with Crippen molar-refractivity contribution in [3.63, 3.8) is 0 Å². The minimum atomic E-state index is 0.138. The topological polar surface area (TPSA) is 55.6 Å². The first-order valence-electron chi connectivity index (χ1n) is 6.80. The molecule has 0 fully saturated rings. The fourth-order valence-electron chi connectivity index (χ4n) is 1.95. The molecule has 0 radical (unpaired) electrons. The number of aromatic nitrogens is 4. The summed E-state index contributed by atoms with van der Waals surface area (Å²) >= 11 is 3.48. The van der Waals surface area contributed by atoms with Gasteiger partial charge >= 0.3 is 0 Å². The van der Waals surface area contributed by atoms with E-state index in [2.05, 4.69) is 69.7 Å². The molecule has 2 rings (SSSR count). The molecule has 0 spiro atoms. The molecule has 0 aliphatic heterocycles. The lowest BCUT2D eigenvalue weighted by Crippen LogP contribution is -2.26. The molecule has 0 amide bonds. The lowest BCUT2D eigenvalue weighted by atomic mass is 10.2. The Hall–Kier alpha value is -1.27. The number of nitrogens with zero attached hydrogens (tertiary/aromatic N) is 4. The summed E-state index contributed by atoms with van der Waals surface area (Å²) in [6, 6.07) is 8.32. The molecule has 1 heterocycles. The summed E-state index contributed by atoms with van der Waals surface area (Å²) in [5.74, 6) is 1.47. The third-order valence-corrected chi connectivity index (χ3v) is 3.49. The third-order valence-electron chi connectivity index (χ3n) is 3.00. The summed E-state index contributed by atoms with van der Waals surface area (Å²) in [5.41, 5.74) is 1.17. The van der Waals surface area contributed by atoms with Gasteiger partial charge in [-0.2, -0.15) is 0 Å². The van der Waals surface area contributed by atoms with Gasteiger partial charge in [-0.05, 0) is 47.5 Å². The van der Waals surface area contributed by atoms with Crippen LogP contribution in [0.3, 0.4) is 0 Å². The molecule has 6 heteroatoms. The molecule has 1 aromatic heterocycles. The molecule has 0 aliphatic carbocycles. The number of rotatable bonds is 6. The van der Waals surface area contributed by atoms with E-state index in [9.17, 15) is 0 Å². The summed E-state index contributed by atoms with van der Waals surface area (Å²) < 4.78 is 2.91. The Balaban J connectivity index is 2.08. The average molecular weight is 338 g/mol. The number of benzene rings is 1. The van der Waals surface area contributed by atoms with E-state index < -0.39 is 0 Å². The third kappa shape index (κ3) is 4.11. The fourth-order valence-corrected chi connectivity index (χ4v) is 2.39. The second kappa shape index (κ2) is 6.95. The highest BCUT2D eigenvalue weighted by Crippen LogP contribution is 2.14. The maximum atomic E-state index is 4.14. The minimum absolute atomic E-state index is 0.138. The first kappa shape index (κ1) is 15.1. The van der Waals surface area contributed by atoms with Gasteiger partial charge in [-0.25, -0.2) is 4.68 Å². The molecule has 1 unspecified atom stereocenters. The predicted octanol–water partition coefficient (Wildman–Crippen LogP) is 2.79. The second-order valence-corrected chi connectivity index (χ2v) is 6.26. The standard InChI is InChI=1S/C14H20BrN5/c1-10(2)8-16-11(3)14-17-18-19-20(14)9-12-5-4-6-13(15)7-12/h4-7,10-11,16H,8-9H2,1-3H3. The Morgan fingerprint density at radius 3 is 2.80 bits per heavy atom. The molecule has 0 saturated carbocycles. The SMILES string of the molecule is CC(C)CNC(C)c1nnnn1Cc1cccc(Br)c1. The maximum Gasteiger partial charge on any atom is 0.168 e. The number of hydrogen-bond donors (Lipinski definition) is 1. The van der Waals surface area contributed by atoms with Crippen molar-refractivity contribution in [3.8, 4) is 0 Å². The van der Waals surface area contributed by atoms with E-state index in [0.29, 0.717) is 12.5 Å². The van der Waals surface area contributed by atoms with Crippen molar-refractivity contribution in [2.75, 3.05) is 6.54 Å². The molecule has 0 aliphatic rings. The molecule has 0 bridgehead atoms. The summed E-state index contributed by atoms with van der Waals surface area (Å²) in [7, 11) is 0. The zero-order chi connectivity index (χ0) is 14.5. The quantitative estimate of drug-likeness (QED) is 0.880. The van der Waals surface area contributed by atoms with Gasteiger partial charge in [-0.15, -0.1) is 5.10 Å². The highest BCUT2D eigenvalue weighted by molar-refractivity contribution is 9.10. The normalized spacial score (nSPS) is 12.8. The Morgan fingerprint density at radius 1 is 1.30 bits per heavy atom. The summed E-state index contributed by atoms with van der Waals surface area (Å²) in [6.45, 7) is 8.08. The van der Waals surface area contributed by atoms with Gasteiger partial charge in [-0.3, -0.25) is 0 Å². The first-order valence-corrected chi connectivity index (χ1v) is 7.59. The van der Waals surface area contributed by atoms with Crippen LogP contribution in [0.15, 0.2) is 28.7 Å². The van der Waals surface area contributed by atoms with Gasteiger partial charge in [0.1, 0.15) is 0 Å². The van der Waals surface area contributed by atoms with Crippen LogP contribution in [0.5, 0.6) is 0 Å². The van der Waals surface area contributed by atoms with Crippen LogP contribution in [0.4, 0.5) is 0 Å². The lowest BCUT2D eigenvalue weighted by Gasteiger charge is -2.15. The molecule has 20 heavy (non-hydrogen) atoms. The largest absolute Gasteiger partial charge is 0.307 e. The summed E-state index contributed by atoms with van der Waals surface area (Å²) in [6.07, 6.45) is 0. The molecule has 1 aromatic carbocycles. The Bertz CT molecular complexity index is 552. The zero-order valence-electron chi connectivity index (χ0n) is 12.0. The van der Waals surface area contributed by atoms with Crippen LogP contribution in [0.2, 0.25) is 0 Å². The Kier molecular flexibility index (Phi) is 5.25. The van der Waals surface area contributed by atoms with E-state index >= 15 is 0 Å². The highest BCUT2D eigenvalue weighted by Gasteiger charge is 2.14. The van der Waals surface area contributed by atoms with E-state index in [1.54, 1.807) is 0 Å². The lowest BCUT2D eigenvalue weighted by molar-refractivity contribution is 0.461. The average Bonchev–Trinajstić information content (AvgIpc) is 2.84. The van der Waals surface area contributed by atoms with Crippen LogP contribution in [0, 0.1) is 5.92 Å². The van der Waals surface area contributed by atoms with E-state index in [-0.39, 0.29) is 6.04 Å². The van der Waals surface area contributed by atoms with Crippen molar-refractivity contribution >= 4 is 15.9 Å². The van der Waals surface area contributed by atoms with Crippen LogP contribution in [-0.2, 0) is 6.54 Å². The van der Waals surface area contributed by atoms with Crippen molar-refractivity contribution in [2.24, 2.45) is 5.92 Å². The predicted molar refractivity (Wildman–Crippen MR) is 82.3 cm³/mol. The molecular weight excluding hydrogens is 318 g/mol. The zero-order valence-corrected chi connectivity index (χ0v) is 13.6. The molecule has 1 N–H and O–H groups in total. The summed E-state index contributed by atoms with van der Waals surface area (Å²) in [5, 5.41) is 15.5. The van der Waals surface area contributed by atoms with Gasteiger partial charge in [-0.1, -0.05) is 41.9 Å². The van der Waals surface area contributed by atoms with E-state index in [1.807, 2.05) is 16.8 Å². The molecular formula is C14H20BrN5. The van der Waals surface area contributed by atoms with Crippen LogP contribution in [0.25, 0.3) is 0 Å². The van der Waals surface area contributed by atoms with Crippen molar-refractivity contribution in [1.29, 1.82) is 0 Å². The summed E-state index contributed by atoms with van der Waals surface area (Å²) in [4.78, 5) is 0. The van der Waals surface area contributed by atoms with E-state index in [4.69, 9.17) is 0 Å². The van der Waals surface area contributed by atoms with Gasteiger partial charge < -0.3 is 5.32 Å². The molecule has 108 valence electrons. The fraction of sp³-hybridized carbons (Fsp3) is 0.500.